The maximum atomic E-state index is 5.52. The Morgan fingerprint density at radius 1 is 1.06 bits per heavy atom. The fourth-order valence-corrected chi connectivity index (χ4v) is 1.49. The van der Waals surface area contributed by atoms with Crippen LogP contribution in [0.2, 0.25) is 0 Å². The highest BCUT2D eigenvalue weighted by molar-refractivity contribution is 5.00. The zero-order valence-corrected chi connectivity index (χ0v) is 12.2. The highest BCUT2D eigenvalue weighted by Gasteiger charge is 1.93. The molecular weight excluding hydrogens is 220 g/mol. The van der Waals surface area contributed by atoms with E-state index in [1.165, 1.54) is 24.0 Å². The van der Waals surface area contributed by atoms with Crippen molar-refractivity contribution in [3.8, 4) is 11.8 Å². The molecule has 1 heteroatoms. The molecule has 18 heavy (non-hydrogen) atoms. The fraction of sp³-hybridized carbons (Fsp3) is 0.647. The third kappa shape index (κ3) is 13.1. The summed E-state index contributed by atoms with van der Waals surface area (Å²) in [5.41, 5.74) is 2.44. The van der Waals surface area contributed by atoms with Crippen LogP contribution in [0, 0.1) is 11.8 Å². The fourth-order valence-electron chi connectivity index (χ4n) is 1.49. The standard InChI is InChI=1S/C17H28O/c1-5-6-13-17(4)15-18-14-11-9-7-8-10-12-16(2)3/h2,4-6,8,10-15H2,1,3H3. The van der Waals surface area contributed by atoms with Crippen LogP contribution in [0.1, 0.15) is 58.8 Å². The summed E-state index contributed by atoms with van der Waals surface area (Å²) in [6.45, 7) is 13.5. The van der Waals surface area contributed by atoms with Gasteiger partial charge in [0.2, 0.25) is 0 Å². The largest absolute Gasteiger partial charge is 0.376 e. The summed E-state index contributed by atoms with van der Waals surface area (Å²) < 4.78 is 5.52. The summed E-state index contributed by atoms with van der Waals surface area (Å²) in [6.07, 6.45) is 7.52. The van der Waals surface area contributed by atoms with E-state index in [0.717, 1.165) is 38.7 Å². The molecule has 0 bridgehead atoms. The number of hydrogen-bond donors (Lipinski definition) is 0. The van der Waals surface area contributed by atoms with Crippen molar-refractivity contribution < 1.29 is 4.74 Å². The van der Waals surface area contributed by atoms with Gasteiger partial charge in [-0.15, -0.1) is 18.4 Å². The predicted octanol–water partition coefficient (Wildman–Crippen LogP) is 4.89. The van der Waals surface area contributed by atoms with Crippen LogP contribution in [0.5, 0.6) is 0 Å². The lowest BCUT2D eigenvalue weighted by Crippen LogP contribution is -1.98. The summed E-state index contributed by atoms with van der Waals surface area (Å²) in [6, 6.07) is 0. The second-order valence-corrected chi connectivity index (χ2v) is 4.82. The molecule has 102 valence electrons. The van der Waals surface area contributed by atoms with Crippen LogP contribution in [-0.4, -0.2) is 13.2 Å². The molecule has 0 amide bonds. The van der Waals surface area contributed by atoms with Crippen LogP contribution >= 0.6 is 0 Å². The van der Waals surface area contributed by atoms with E-state index in [9.17, 15) is 0 Å². The minimum atomic E-state index is 0.692. The topological polar surface area (TPSA) is 9.23 Å². The lowest BCUT2D eigenvalue weighted by atomic mass is 10.1. The number of unbranched alkanes of at least 4 members (excludes halogenated alkanes) is 2. The minimum absolute atomic E-state index is 0.692. The predicted molar refractivity (Wildman–Crippen MR) is 80.5 cm³/mol. The van der Waals surface area contributed by atoms with Crippen LogP contribution in [0.15, 0.2) is 24.3 Å². The van der Waals surface area contributed by atoms with E-state index in [1.807, 2.05) is 0 Å². The molecule has 0 fully saturated rings. The molecular formula is C17H28O. The third-order valence-electron chi connectivity index (χ3n) is 2.59. The smallest absolute Gasteiger partial charge is 0.0674 e. The summed E-state index contributed by atoms with van der Waals surface area (Å²) in [5, 5.41) is 0. The van der Waals surface area contributed by atoms with Gasteiger partial charge in [-0.25, -0.2) is 0 Å². The molecule has 0 unspecified atom stereocenters. The molecule has 0 atom stereocenters. The molecule has 0 saturated carbocycles. The Morgan fingerprint density at radius 2 is 1.78 bits per heavy atom. The highest BCUT2D eigenvalue weighted by Crippen LogP contribution is 2.05. The van der Waals surface area contributed by atoms with E-state index in [1.54, 1.807) is 0 Å². The van der Waals surface area contributed by atoms with E-state index in [2.05, 4.69) is 38.8 Å². The van der Waals surface area contributed by atoms with Crippen molar-refractivity contribution in [2.75, 3.05) is 13.2 Å². The van der Waals surface area contributed by atoms with Gasteiger partial charge in [-0.1, -0.05) is 31.1 Å². The zero-order valence-electron chi connectivity index (χ0n) is 12.2. The SMILES string of the molecule is C=C(C)CCCC#CCCOCC(=C)CCCC. The Hall–Kier alpha value is -1.00. The lowest BCUT2D eigenvalue weighted by Gasteiger charge is -2.04. The molecule has 0 aromatic carbocycles. The molecule has 0 rings (SSSR count). The molecule has 0 radical (unpaired) electrons. The van der Waals surface area contributed by atoms with Crippen LogP contribution in [0.4, 0.5) is 0 Å². The molecule has 0 heterocycles. The monoisotopic (exact) mass is 248 g/mol. The molecule has 0 aliphatic heterocycles. The van der Waals surface area contributed by atoms with Crippen molar-refractivity contribution in [3.05, 3.63) is 24.3 Å². The Kier molecular flexibility index (Phi) is 11.8. The summed E-state index contributed by atoms with van der Waals surface area (Å²) in [7, 11) is 0. The van der Waals surface area contributed by atoms with Crippen molar-refractivity contribution in [2.24, 2.45) is 0 Å². The molecule has 0 N–H and O–H groups in total. The van der Waals surface area contributed by atoms with E-state index in [4.69, 9.17) is 4.74 Å². The molecule has 0 spiro atoms. The van der Waals surface area contributed by atoms with Gasteiger partial charge >= 0.3 is 0 Å². The second-order valence-electron chi connectivity index (χ2n) is 4.82. The number of ether oxygens (including phenoxy) is 1. The highest BCUT2D eigenvalue weighted by atomic mass is 16.5. The van der Waals surface area contributed by atoms with Gasteiger partial charge in [0.05, 0.1) is 13.2 Å². The Bertz CT molecular complexity index is 290. The van der Waals surface area contributed by atoms with Crippen LogP contribution in [0.3, 0.4) is 0 Å². The zero-order chi connectivity index (χ0) is 13.6. The molecule has 0 aliphatic rings. The first-order valence-electron chi connectivity index (χ1n) is 7.01. The van der Waals surface area contributed by atoms with Gasteiger partial charge < -0.3 is 4.74 Å². The van der Waals surface area contributed by atoms with Gasteiger partial charge in [-0.2, -0.15) is 0 Å². The van der Waals surface area contributed by atoms with Crippen LogP contribution in [0.25, 0.3) is 0 Å². The lowest BCUT2D eigenvalue weighted by molar-refractivity contribution is 0.160. The number of hydrogen-bond acceptors (Lipinski definition) is 1. The van der Waals surface area contributed by atoms with Crippen molar-refractivity contribution in [3.63, 3.8) is 0 Å². The molecule has 0 aromatic rings. The van der Waals surface area contributed by atoms with Gasteiger partial charge in [0, 0.05) is 12.8 Å². The van der Waals surface area contributed by atoms with E-state index in [-0.39, 0.29) is 0 Å². The third-order valence-corrected chi connectivity index (χ3v) is 2.59. The first kappa shape index (κ1) is 17.0. The van der Waals surface area contributed by atoms with Gasteiger partial charge in [0.25, 0.3) is 0 Å². The maximum absolute atomic E-state index is 5.52. The van der Waals surface area contributed by atoms with Gasteiger partial charge in [0.1, 0.15) is 0 Å². The Labute approximate surface area is 113 Å². The van der Waals surface area contributed by atoms with E-state index < -0.39 is 0 Å². The number of rotatable bonds is 10. The van der Waals surface area contributed by atoms with Crippen molar-refractivity contribution in [2.45, 2.75) is 58.8 Å². The minimum Gasteiger partial charge on any atom is -0.376 e. The summed E-state index contributed by atoms with van der Waals surface area (Å²) >= 11 is 0. The molecule has 0 aromatic heterocycles. The first-order valence-corrected chi connectivity index (χ1v) is 7.01. The van der Waals surface area contributed by atoms with Crippen LogP contribution < -0.4 is 0 Å². The normalized spacial score (nSPS) is 9.67. The molecule has 0 saturated heterocycles. The van der Waals surface area contributed by atoms with Crippen molar-refractivity contribution in [1.82, 2.24) is 0 Å². The summed E-state index contributed by atoms with van der Waals surface area (Å²) in [5.74, 6) is 6.31. The van der Waals surface area contributed by atoms with E-state index >= 15 is 0 Å². The Morgan fingerprint density at radius 3 is 2.44 bits per heavy atom. The van der Waals surface area contributed by atoms with Crippen molar-refractivity contribution in [1.29, 1.82) is 0 Å². The summed E-state index contributed by atoms with van der Waals surface area (Å²) in [4.78, 5) is 0. The van der Waals surface area contributed by atoms with Gasteiger partial charge in [-0.05, 0) is 32.6 Å². The average Bonchev–Trinajstić information content (AvgIpc) is 2.34. The maximum Gasteiger partial charge on any atom is 0.0674 e. The molecule has 1 nitrogen and oxygen atoms in total. The van der Waals surface area contributed by atoms with E-state index in [0.29, 0.717) is 6.61 Å². The second kappa shape index (κ2) is 12.5. The average molecular weight is 248 g/mol. The number of allylic oxidation sites excluding steroid dienone is 1. The van der Waals surface area contributed by atoms with Gasteiger partial charge in [-0.3, -0.25) is 0 Å². The Balaban J connectivity index is 3.32. The molecule has 0 aliphatic carbocycles. The van der Waals surface area contributed by atoms with Gasteiger partial charge in [0.15, 0.2) is 0 Å². The van der Waals surface area contributed by atoms with Crippen molar-refractivity contribution >= 4 is 0 Å². The first-order chi connectivity index (χ1) is 8.66. The van der Waals surface area contributed by atoms with Crippen LogP contribution in [-0.2, 0) is 4.74 Å². The quantitative estimate of drug-likeness (QED) is 0.304.